The van der Waals surface area contributed by atoms with Crippen LogP contribution in [0.2, 0.25) is 0 Å². The van der Waals surface area contributed by atoms with Crippen molar-refractivity contribution in [2.75, 3.05) is 13.2 Å². The highest BCUT2D eigenvalue weighted by molar-refractivity contribution is 6.04. The zero-order valence-corrected chi connectivity index (χ0v) is 15.3. The van der Waals surface area contributed by atoms with E-state index >= 15 is 0 Å². The molecular weight excluding hydrogens is 302 g/mol. The third-order valence-electron chi connectivity index (χ3n) is 4.70. The van der Waals surface area contributed by atoms with Gasteiger partial charge in [0.25, 0.3) is 0 Å². The first-order valence-corrected chi connectivity index (χ1v) is 9.82. The van der Waals surface area contributed by atoms with Crippen LogP contribution in [0.5, 0.6) is 0 Å². The molecule has 1 aliphatic heterocycles. The van der Waals surface area contributed by atoms with Gasteiger partial charge in [-0.1, -0.05) is 76.9 Å². The summed E-state index contributed by atoms with van der Waals surface area (Å²) in [5, 5.41) is 8.87. The minimum Gasteiger partial charge on any atom is -0.395 e. The topological polar surface area (TPSA) is 57.6 Å². The van der Waals surface area contributed by atoms with Crippen LogP contribution in [0.15, 0.2) is 12.2 Å². The zero-order chi connectivity index (χ0) is 17.6. The fourth-order valence-corrected chi connectivity index (χ4v) is 3.20. The average Bonchev–Trinajstić information content (AvgIpc) is 2.84. The molecule has 0 saturated carbocycles. The van der Waals surface area contributed by atoms with Gasteiger partial charge in [-0.3, -0.25) is 14.5 Å². The molecule has 24 heavy (non-hydrogen) atoms. The predicted octanol–water partition coefficient (Wildman–Crippen LogP) is 4.22. The van der Waals surface area contributed by atoms with Gasteiger partial charge in [0.05, 0.1) is 19.1 Å². The first-order chi connectivity index (χ1) is 11.7. The lowest BCUT2D eigenvalue weighted by Gasteiger charge is -2.11. The van der Waals surface area contributed by atoms with E-state index in [1.807, 2.05) is 12.2 Å². The van der Waals surface area contributed by atoms with Crippen molar-refractivity contribution in [2.45, 2.75) is 84.0 Å². The highest BCUT2D eigenvalue weighted by atomic mass is 16.3. The molecule has 1 saturated heterocycles. The van der Waals surface area contributed by atoms with Crippen LogP contribution in [0, 0.1) is 5.92 Å². The molecule has 1 rings (SSSR count). The number of likely N-dealkylation sites (tertiary alicyclic amines) is 1. The molecule has 0 radical (unpaired) electrons. The second-order valence-corrected chi connectivity index (χ2v) is 6.82. The van der Waals surface area contributed by atoms with Crippen LogP contribution in [-0.4, -0.2) is 35.0 Å². The second kappa shape index (κ2) is 13.2. The van der Waals surface area contributed by atoms with Crippen molar-refractivity contribution in [1.29, 1.82) is 0 Å². The minimum absolute atomic E-state index is 0.125. The normalized spacial score (nSPS) is 18.2. The van der Waals surface area contributed by atoms with E-state index in [-0.39, 0.29) is 37.3 Å². The number of unbranched alkanes of at least 4 members (excludes halogenated alkanes) is 10. The van der Waals surface area contributed by atoms with Gasteiger partial charge in [0, 0.05) is 6.42 Å². The molecule has 4 heteroatoms. The Kier molecular flexibility index (Phi) is 11.5. The number of nitrogens with zero attached hydrogens (tertiary/aromatic N) is 1. The summed E-state index contributed by atoms with van der Waals surface area (Å²) in [7, 11) is 0. The molecule has 0 aromatic rings. The van der Waals surface area contributed by atoms with E-state index in [2.05, 4.69) is 6.92 Å². The number of carbonyl (C=O) groups is 2. The Morgan fingerprint density at radius 3 is 2.17 bits per heavy atom. The molecule has 1 atom stereocenters. The number of allylic oxidation sites excluding steroid dienone is 1. The fraction of sp³-hybridized carbons (Fsp3) is 0.800. The number of imide groups is 1. The first kappa shape index (κ1) is 20.9. The summed E-state index contributed by atoms with van der Waals surface area (Å²) in [6, 6.07) is 0. The van der Waals surface area contributed by atoms with Crippen LogP contribution in [0.4, 0.5) is 0 Å². The number of carbonyl (C=O) groups excluding carboxylic acids is 2. The van der Waals surface area contributed by atoms with Gasteiger partial charge in [-0.25, -0.2) is 0 Å². The molecule has 1 unspecified atom stereocenters. The lowest BCUT2D eigenvalue weighted by Crippen LogP contribution is -2.32. The number of aliphatic hydroxyl groups is 1. The summed E-state index contributed by atoms with van der Waals surface area (Å²) < 4.78 is 0. The van der Waals surface area contributed by atoms with E-state index in [1.54, 1.807) is 0 Å². The first-order valence-electron chi connectivity index (χ1n) is 9.82. The Morgan fingerprint density at radius 2 is 1.58 bits per heavy atom. The fourth-order valence-electron chi connectivity index (χ4n) is 3.20. The Bertz CT molecular complexity index is 392. The lowest BCUT2D eigenvalue weighted by atomic mass is 10.0. The van der Waals surface area contributed by atoms with Crippen LogP contribution in [0.25, 0.3) is 0 Å². The predicted molar refractivity (Wildman–Crippen MR) is 97.5 cm³/mol. The number of rotatable bonds is 14. The minimum atomic E-state index is -0.313. The maximum Gasteiger partial charge on any atom is 0.236 e. The van der Waals surface area contributed by atoms with Gasteiger partial charge in [-0.15, -0.1) is 0 Å². The van der Waals surface area contributed by atoms with Gasteiger partial charge >= 0.3 is 0 Å². The third kappa shape index (κ3) is 8.09. The number of amides is 2. The summed E-state index contributed by atoms with van der Waals surface area (Å²) in [6.45, 7) is 2.22. The molecule has 4 nitrogen and oxygen atoms in total. The van der Waals surface area contributed by atoms with Crippen molar-refractivity contribution in [1.82, 2.24) is 4.90 Å². The SMILES string of the molecule is CCCCCCCCCCCCC=CC1CC(=O)N(CCO)C1=O. The van der Waals surface area contributed by atoms with E-state index < -0.39 is 0 Å². The van der Waals surface area contributed by atoms with Gasteiger partial charge in [-0.2, -0.15) is 0 Å². The molecule has 1 fully saturated rings. The van der Waals surface area contributed by atoms with Crippen LogP contribution in [-0.2, 0) is 9.59 Å². The van der Waals surface area contributed by atoms with Crippen molar-refractivity contribution < 1.29 is 14.7 Å². The van der Waals surface area contributed by atoms with Crippen LogP contribution in [0.1, 0.15) is 84.0 Å². The van der Waals surface area contributed by atoms with Crippen molar-refractivity contribution >= 4 is 11.8 Å². The van der Waals surface area contributed by atoms with Crippen LogP contribution in [0.3, 0.4) is 0 Å². The molecule has 138 valence electrons. The smallest absolute Gasteiger partial charge is 0.236 e. The largest absolute Gasteiger partial charge is 0.395 e. The standard InChI is InChI=1S/C20H35NO3/c1-2-3-4-5-6-7-8-9-10-11-12-13-14-18-17-19(23)21(15-16-22)20(18)24/h13-14,18,22H,2-12,15-17H2,1H3. The monoisotopic (exact) mass is 337 g/mol. The van der Waals surface area contributed by atoms with E-state index in [0.717, 1.165) is 12.8 Å². The zero-order valence-electron chi connectivity index (χ0n) is 15.3. The molecular formula is C20H35NO3. The molecule has 1 N–H and O–H groups in total. The molecule has 1 heterocycles. The Morgan fingerprint density at radius 1 is 1.00 bits per heavy atom. The maximum absolute atomic E-state index is 12.0. The van der Waals surface area contributed by atoms with Gasteiger partial charge in [0.1, 0.15) is 0 Å². The number of β-amino-alcohol motifs (C(OH)–C–C–N with tert-alkyl or cyclic N) is 1. The van der Waals surface area contributed by atoms with Crippen molar-refractivity contribution in [3.8, 4) is 0 Å². The van der Waals surface area contributed by atoms with E-state index in [1.165, 1.54) is 62.7 Å². The quantitative estimate of drug-likeness (QED) is 0.293. The molecule has 0 aliphatic carbocycles. The number of hydrogen-bond acceptors (Lipinski definition) is 3. The highest BCUT2D eigenvalue weighted by Gasteiger charge is 2.36. The molecule has 0 aromatic heterocycles. The van der Waals surface area contributed by atoms with E-state index in [9.17, 15) is 9.59 Å². The summed E-state index contributed by atoms with van der Waals surface area (Å²) in [5.41, 5.74) is 0. The maximum atomic E-state index is 12.0. The average molecular weight is 338 g/mol. The summed E-state index contributed by atoms with van der Waals surface area (Å²) >= 11 is 0. The van der Waals surface area contributed by atoms with Crippen LogP contribution < -0.4 is 0 Å². The van der Waals surface area contributed by atoms with Crippen LogP contribution >= 0.6 is 0 Å². The van der Waals surface area contributed by atoms with Crippen molar-refractivity contribution in [2.24, 2.45) is 5.92 Å². The second-order valence-electron chi connectivity index (χ2n) is 6.82. The van der Waals surface area contributed by atoms with Crippen molar-refractivity contribution in [3.63, 3.8) is 0 Å². The molecule has 0 aromatic carbocycles. The Hall–Kier alpha value is -1.16. The summed E-state index contributed by atoms with van der Waals surface area (Å²) in [6.07, 6.45) is 18.4. The Labute approximate surface area is 147 Å². The molecule has 0 bridgehead atoms. The van der Waals surface area contributed by atoms with Gasteiger partial charge in [-0.05, 0) is 12.8 Å². The lowest BCUT2D eigenvalue weighted by molar-refractivity contribution is -0.139. The molecule has 2 amide bonds. The third-order valence-corrected chi connectivity index (χ3v) is 4.70. The van der Waals surface area contributed by atoms with E-state index in [0.29, 0.717) is 0 Å². The van der Waals surface area contributed by atoms with E-state index in [4.69, 9.17) is 5.11 Å². The Balaban J connectivity index is 2.00. The number of aliphatic hydroxyl groups excluding tert-OH is 1. The highest BCUT2D eigenvalue weighted by Crippen LogP contribution is 2.21. The summed E-state index contributed by atoms with van der Waals surface area (Å²) in [5.74, 6) is -0.636. The summed E-state index contributed by atoms with van der Waals surface area (Å²) in [4.78, 5) is 24.8. The van der Waals surface area contributed by atoms with Gasteiger partial charge in [0.2, 0.25) is 11.8 Å². The van der Waals surface area contributed by atoms with Gasteiger partial charge < -0.3 is 5.11 Å². The number of hydrogen-bond donors (Lipinski definition) is 1. The molecule has 0 spiro atoms. The van der Waals surface area contributed by atoms with Gasteiger partial charge in [0.15, 0.2) is 0 Å². The molecule has 1 aliphatic rings. The van der Waals surface area contributed by atoms with Crippen molar-refractivity contribution in [3.05, 3.63) is 12.2 Å².